The third-order valence-electron chi connectivity index (χ3n) is 7.28. The van der Waals surface area contributed by atoms with Gasteiger partial charge in [0.25, 0.3) is 11.9 Å². The minimum absolute atomic E-state index is 0.0239. The lowest BCUT2D eigenvalue weighted by Crippen LogP contribution is -2.35. The quantitative estimate of drug-likeness (QED) is 0.339. The molecule has 2 fully saturated rings. The Balaban J connectivity index is 1.18. The molecule has 41 heavy (non-hydrogen) atoms. The summed E-state index contributed by atoms with van der Waals surface area (Å²) in [5.74, 6) is -3.35. The van der Waals surface area contributed by atoms with E-state index in [1.807, 2.05) is 0 Å². The van der Waals surface area contributed by atoms with Crippen molar-refractivity contribution in [3.8, 4) is 0 Å². The van der Waals surface area contributed by atoms with Gasteiger partial charge in [0.05, 0.1) is 17.2 Å². The number of fused-ring (bicyclic) bond motifs is 1. The molecular weight excluding hydrogens is 555 g/mol. The number of carbonyl (C=O) groups excluding carboxylic acids is 1. The highest BCUT2D eigenvalue weighted by Crippen LogP contribution is 2.34. The van der Waals surface area contributed by atoms with E-state index in [1.54, 1.807) is 9.47 Å². The van der Waals surface area contributed by atoms with E-state index in [0.717, 1.165) is 6.07 Å². The molecule has 0 bridgehead atoms. The van der Waals surface area contributed by atoms with Crippen LogP contribution in [0.15, 0.2) is 35.2 Å². The topological polar surface area (TPSA) is 125 Å². The van der Waals surface area contributed by atoms with Gasteiger partial charge in [0.15, 0.2) is 5.82 Å². The van der Waals surface area contributed by atoms with Crippen LogP contribution in [0.5, 0.6) is 0 Å². The number of aliphatic hydroxyl groups excluding tert-OH is 1. The maximum atomic E-state index is 15.2. The second kappa shape index (κ2) is 10.2. The normalized spacial score (nSPS) is 18.4. The Morgan fingerprint density at radius 1 is 1.07 bits per heavy atom. The molecule has 2 aliphatic heterocycles. The van der Waals surface area contributed by atoms with Crippen molar-refractivity contribution in [2.75, 3.05) is 36.4 Å². The van der Waals surface area contributed by atoms with E-state index in [9.17, 15) is 27.5 Å². The molecule has 0 aliphatic carbocycles. The summed E-state index contributed by atoms with van der Waals surface area (Å²) in [6, 6.07) is 3.63. The van der Waals surface area contributed by atoms with Gasteiger partial charge in [-0.15, -0.1) is 0 Å². The number of hydrogen-bond acceptors (Lipinski definition) is 9. The number of piperidine rings is 1. The molecule has 11 nitrogen and oxygen atoms in total. The number of hydrogen-bond donors (Lipinski definition) is 2. The fourth-order valence-electron chi connectivity index (χ4n) is 5.20. The van der Waals surface area contributed by atoms with Crippen LogP contribution in [-0.4, -0.2) is 72.9 Å². The van der Waals surface area contributed by atoms with Crippen molar-refractivity contribution in [1.29, 1.82) is 0 Å². The Kier molecular flexibility index (Phi) is 6.71. The first-order valence-electron chi connectivity index (χ1n) is 12.8. The summed E-state index contributed by atoms with van der Waals surface area (Å²) in [6.07, 6.45) is -1.53. The minimum atomic E-state index is -4.74. The van der Waals surface area contributed by atoms with Crippen molar-refractivity contribution in [2.24, 2.45) is 0 Å². The lowest BCUT2D eigenvalue weighted by molar-refractivity contribution is -0.159. The molecule has 1 unspecified atom stereocenters. The zero-order valence-corrected chi connectivity index (χ0v) is 21.3. The zero-order valence-electron chi connectivity index (χ0n) is 21.3. The summed E-state index contributed by atoms with van der Waals surface area (Å²) >= 11 is 0. The summed E-state index contributed by atoms with van der Waals surface area (Å²) in [7, 11) is 0. The first kappa shape index (κ1) is 26.9. The van der Waals surface area contributed by atoms with Gasteiger partial charge in [-0.25, -0.2) is 18.7 Å². The van der Waals surface area contributed by atoms with Crippen molar-refractivity contribution in [3.05, 3.63) is 53.8 Å². The van der Waals surface area contributed by atoms with E-state index >= 15 is 4.39 Å². The summed E-state index contributed by atoms with van der Waals surface area (Å²) in [5.41, 5.74) is 0.355. The van der Waals surface area contributed by atoms with Crippen LogP contribution in [0.25, 0.3) is 11.0 Å². The number of aliphatic hydroxyl groups is 1. The van der Waals surface area contributed by atoms with E-state index in [0.29, 0.717) is 38.9 Å². The molecule has 3 aromatic heterocycles. The average molecular weight is 579 g/mol. The van der Waals surface area contributed by atoms with Crippen molar-refractivity contribution in [2.45, 2.75) is 37.6 Å². The van der Waals surface area contributed by atoms with E-state index in [1.165, 1.54) is 29.6 Å². The molecule has 0 spiro atoms. The van der Waals surface area contributed by atoms with Crippen molar-refractivity contribution < 1.29 is 36.4 Å². The van der Waals surface area contributed by atoms with E-state index in [-0.39, 0.29) is 46.6 Å². The van der Waals surface area contributed by atoms with Crippen molar-refractivity contribution in [1.82, 2.24) is 29.6 Å². The molecule has 0 saturated carbocycles. The lowest BCUT2D eigenvalue weighted by Gasteiger charge is -2.31. The second-order valence-electron chi connectivity index (χ2n) is 9.93. The molecule has 4 aromatic rings. The Morgan fingerprint density at radius 2 is 1.85 bits per heavy atom. The molecule has 5 heterocycles. The smallest absolute Gasteiger partial charge is 0.391 e. The molecule has 16 heteroatoms. The third-order valence-corrected chi connectivity index (χ3v) is 7.28. The second-order valence-corrected chi connectivity index (χ2v) is 9.93. The zero-order chi connectivity index (χ0) is 28.9. The maximum Gasteiger partial charge on any atom is 0.471 e. The summed E-state index contributed by atoms with van der Waals surface area (Å²) in [4.78, 5) is 27.4. The molecule has 1 aromatic carbocycles. The van der Waals surface area contributed by atoms with Crippen LogP contribution in [0.1, 0.15) is 41.6 Å². The van der Waals surface area contributed by atoms with Crippen LogP contribution in [0.2, 0.25) is 0 Å². The number of nitrogens with zero attached hydrogens (tertiary/aromatic N) is 7. The maximum absolute atomic E-state index is 15.2. The Bertz CT molecular complexity index is 1600. The summed E-state index contributed by atoms with van der Waals surface area (Å²) < 4.78 is 74.5. The number of nitrogens with one attached hydrogen (secondary N) is 1. The van der Waals surface area contributed by atoms with Gasteiger partial charge >= 0.3 is 12.1 Å². The first-order chi connectivity index (χ1) is 19.6. The number of aromatic nitrogens is 5. The Hall–Kier alpha value is -4.34. The highest BCUT2D eigenvalue weighted by Gasteiger charge is 2.39. The number of halogens is 5. The molecule has 2 saturated heterocycles. The minimum Gasteiger partial charge on any atom is -0.391 e. The molecular formula is C25H23F5N8O3. The lowest BCUT2D eigenvalue weighted by atomic mass is 10.1. The summed E-state index contributed by atoms with van der Waals surface area (Å²) in [5, 5.41) is 15.9. The highest BCUT2D eigenvalue weighted by atomic mass is 19.4. The van der Waals surface area contributed by atoms with Crippen LogP contribution in [-0.2, 0) is 6.18 Å². The monoisotopic (exact) mass is 578 g/mol. The standard InChI is InChI=1S/C25H23F5N8O3/c26-16-9-13(22(40)37-8-5-15(39)10-37)1-2-18(16)33-20-19-17(27)11-38(21(19)32-12-31-20)14-3-6-36(7-4-14)24-34-23(41-35-24)25(28,29)30/h1-2,9,11-12,14-15,39H,3-8,10H2,(H,31,32,33). The van der Waals surface area contributed by atoms with Gasteiger partial charge in [-0.2, -0.15) is 18.2 Å². The molecule has 2 aliphatic rings. The predicted molar refractivity (Wildman–Crippen MR) is 133 cm³/mol. The molecule has 0 radical (unpaired) electrons. The van der Waals surface area contributed by atoms with E-state index in [2.05, 4.69) is 29.9 Å². The number of β-amino-alcohol motifs (C(OH)–C–C–N with tert-alkyl or cyclic N) is 1. The Morgan fingerprint density at radius 3 is 2.51 bits per heavy atom. The Labute approximate surface area is 228 Å². The number of alkyl halides is 3. The SMILES string of the molecule is O=C(c1ccc(Nc2ncnc3c2c(F)cn3C2CCN(c3noc(C(F)(F)F)n3)CC2)c(F)c1)N1CCC(O)C1. The van der Waals surface area contributed by atoms with Gasteiger partial charge < -0.3 is 29.3 Å². The van der Waals surface area contributed by atoms with Gasteiger partial charge in [-0.05, 0) is 42.6 Å². The van der Waals surface area contributed by atoms with Crippen LogP contribution in [0.3, 0.4) is 0 Å². The number of anilines is 3. The molecule has 216 valence electrons. The van der Waals surface area contributed by atoms with E-state index < -0.39 is 35.7 Å². The van der Waals surface area contributed by atoms with Gasteiger partial charge in [0.1, 0.15) is 23.6 Å². The van der Waals surface area contributed by atoms with Crippen molar-refractivity contribution >= 4 is 34.4 Å². The van der Waals surface area contributed by atoms with Crippen LogP contribution in [0.4, 0.5) is 39.4 Å². The first-order valence-corrected chi connectivity index (χ1v) is 12.8. The molecule has 6 rings (SSSR count). The fraction of sp³-hybridized carbons (Fsp3) is 0.400. The third kappa shape index (κ3) is 5.14. The molecule has 1 amide bonds. The van der Waals surface area contributed by atoms with Gasteiger partial charge in [0, 0.05) is 44.0 Å². The number of carbonyl (C=O) groups is 1. The van der Waals surface area contributed by atoms with Gasteiger partial charge in [-0.1, -0.05) is 0 Å². The van der Waals surface area contributed by atoms with Crippen LogP contribution >= 0.6 is 0 Å². The fourth-order valence-corrected chi connectivity index (χ4v) is 5.20. The predicted octanol–water partition coefficient (Wildman–Crippen LogP) is 3.90. The highest BCUT2D eigenvalue weighted by molar-refractivity contribution is 5.95. The number of amides is 1. The average Bonchev–Trinajstić information content (AvgIpc) is 3.69. The van der Waals surface area contributed by atoms with E-state index in [4.69, 9.17) is 0 Å². The van der Waals surface area contributed by atoms with Crippen LogP contribution < -0.4 is 10.2 Å². The van der Waals surface area contributed by atoms with Gasteiger partial charge in [-0.3, -0.25) is 4.79 Å². The summed E-state index contributed by atoms with van der Waals surface area (Å²) in [6.45, 7) is 1.16. The largest absolute Gasteiger partial charge is 0.471 e. The number of rotatable bonds is 5. The number of likely N-dealkylation sites (tertiary alicyclic amines) is 1. The van der Waals surface area contributed by atoms with Crippen molar-refractivity contribution in [3.63, 3.8) is 0 Å². The molecule has 1 atom stereocenters. The molecule has 2 N–H and O–H groups in total. The van der Waals surface area contributed by atoms with Gasteiger partial charge in [0.2, 0.25) is 0 Å². The number of benzene rings is 1. The van der Waals surface area contributed by atoms with Crippen LogP contribution in [0, 0.1) is 11.6 Å².